The number of benzene rings is 4. The zero-order chi connectivity index (χ0) is 27.5. The van der Waals surface area contributed by atoms with Gasteiger partial charge in [-0.25, -0.2) is 9.59 Å². The highest BCUT2D eigenvalue weighted by atomic mass is 16.6. The molecule has 0 spiro atoms. The molecule has 0 aliphatic rings. The lowest BCUT2D eigenvalue weighted by atomic mass is 9.92. The highest BCUT2D eigenvalue weighted by molar-refractivity contribution is 6.08. The second-order valence-corrected chi connectivity index (χ2v) is 11.1. The van der Waals surface area contributed by atoms with Gasteiger partial charge in [0.1, 0.15) is 11.2 Å². The van der Waals surface area contributed by atoms with E-state index in [1.165, 1.54) is 0 Å². The zero-order valence-electron chi connectivity index (χ0n) is 22.8. The average molecular weight is 515 g/mol. The summed E-state index contributed by atoms with van der Waals surface area (Å²) < 4.78 is 23.1. The summed E-state index contributed by atoms with van der Waals surface area (Å²) in [6.07, 6.45) is 0. The fourth-order valence-electron chi connectivity index (χ4n) is 4.27. The van der Waals surface area contributed by atoms with Gasteiger partial charge in [0.2, 0.25) is 0 Å². The van der Waals surface area contributed by atoms with Crippen molar-refractivity contribution >= 4 is 33.5 Å². The van der Waals surface area contributed by atoms with Crippen LogP contribution < -0.4 is 9.47 Å². The second-order valence-electron chi connectivity index (χ2n) is 11.1. The van der Waals surface area contributed by atoms with Crippen LogP contribution in [0.3, 0.4) is 0 Å². The van der Waals surface area contributed by atoms with E-state index in [0.29, 0.717) is 11.5 Å². The number of ether oxygens (including phenoxy) is 4. The molecule has 0 radical (unpaired) electrons. The molecule has 4 aromatic carbocycles. The molecule has 4 aromatic rings. The van der Waals surface area contributed by atoms with Crippen molar-refractivity contribution in [3.63, 3.8) is 0 Å². The minimum atomic E-state index is -0.654. The largest absolute Gasteiger partial charge is 0.478 e. The van der Waals surface area contributed by atoms with Crippen LogP contribution in [0.5, 0.6) is 11.5 Å². The van der Waals surface area contributed by atoms with E-state index < -0.39 is 23.1 Å². The van der Waals surface area contributed by atoms with Gasteiger partial charge in [0.05, 0.1) is 0 Å². The molecular formula is C32H34O6. The quantitative estimate of drug-likeness (QED) is 0.245. The number of hydrogen-bond acceptors (Lipinski definition) is 6. The first-order chi connectivity index (χ1) is 17.9. The van der Waals surface area contributed by atoms with Crippen molar-refractivity contribution in [2.45, 2.75) is 52.7 Å². The molecule has 4 rings (SSSR count). The van der Waals surface area contributed by atoms with E-state index in [2.05, 4.69) is 0 Å². The molecule has 0 aliphatic carbocycles. The number of fused-ring (bicyclic) bond motifs is 2. The van der Waals surface area contributed by atoms with E-state index in [9.17, 15) is 9.59 Å². The summed E-state index contributed by atoms with van der Waals surface area (Å²) in [5.74, 6) is -0.321. The maximum absolute atomic E-state index is 12.6. The Bertz CT molecular complexity index is 1470. The van der Waals surface area contributed by atoms with Gasteiger partial charge < -0.3 is 18.9 Å². The monoisotopic (exact) mass is 514 g/mol. The maximum atomic E-state index is 12.6. The summed E-state index contributed by atoms with van der Waals surface area (Å²) >= 11 is 0. The predicted octanol–water partition coefficient (Wildman–Crippen LogP) is 7.10. The van der Waals surface area contributed by atoms with Crippen LogP contribution in [0.1, 0.15) is 41.5 Å². The third kappa shape index (κ3) is 6.62. The van der Waals surface area contributed by atoms with Crippen molar-refractivity contribution in [3.8, 4) is 22.6 Å². The van der Waals surface area contributed by atoms with Crippen molar-refractivity contribution in [2.75, 3.05) is 13.2 Å². The van der Waals surface area contributed by atoms with E-state index in [1.807, 2.05) is 72.8 Å². The minimum Gasteiger partial charge on any atom is -0.478 e. The molecule has 198 valence electrons. The molecule has 0 amide bonds. The van der Waals surface area contributed by atoms with Crippen molar-refractivity contribution < 1.29 is 28.5 Å². The van der Waals surface area contributed by atoms with Gasteiger partial charge in [-0.2, -0.15) is 0 Å². The normalized spacial score (nSPS) is 11.8. The first-order valence-corrected chi connectivity index (χ1v) is 12.6. The van der Waals surface area contributed by atoms with Gasteiger partial charge in [0.15, 0.2) is 24.7 Å². The zero-order valence-corrected chi connectivity index (χ0v) is 22.8. The van der Waals surface area contributed by atoms with E-state index in [0.717, 1.165) is 32.7 Å². The third-order valence-corrected chi connectivity index (χ3v) is 5.55. The first-order valence-electron chi connectivity index (χ1n) is 12.6. The number of rotatable bonds is 7. The molecule has 0 heterocycles. The molecule has 0 aliphatic heterocycles. The predicted molar refractivity (Wildman–Crippen MR) is 150 cm³/mol. The third-order valence-electron chi connectivity index (χ3n) is 5.55. The standard InChI is InChI=1S/C32H34O6/c1-31(2,3)37-27(33)19-35-26-18-22-13-8-10-16-24(22)29(30(26)36-20-28(34)38-32(4,5)6)25-17-11-14-21-12-7-9-15-23(21)25/h7-18H,19-20H2,1-6H3. The Morgan fingerprint density at radius 3 is 1.79 bits per heavy atom. The number of carbonyl (C=O) groups is 2. The summed E-state index contributed by atoms with van der Waals surface area (Å²) in [7, 11) is 0. The lowest BCUT2D eigenvalue weighted by molar-refractivity contribution is -0.158. The van der Waals surface area contributed by atoms with Crippen LogP contribution in [-0.4, -0.2) is 36.4 Å². The molecule has 0 N–H and O–H groups in total. The Balaban J connectivity index is 1.86. The van der Waals surface area contributed by atoms with Gasteiger partial charge in [0, 0.05) is 5.56 Å². The van der Waals surface area contributed by atoms with Crippen molar-refractivity contribution in [2.24, 2.45) is 0 Å². The topological polar surface area (TPSA) is 71.1 Å². The molecule has 0 fully saturated rings. The summed E-state index contributed by atoms with van der Waals surface area (Å²) in [4.78, 5) is 25.1. The number of hydrogen-bond donors (Lipinski definition) is 0. The fraction of sp³-hybridized carbons (Fsp3) is 0.312. The summed E-state index contributed by atoms with van der Waals surface area (Å²) in [5, 5.41) is 3.91. The highest BCUT2D eigenvalue weighted by Crippen LogP contribution is 2.46. The average Bonchev–Trinajstić information content (AvgIpc) is 2.83. The molecule has 0 aromatic heterocycles. The maximum Gasteiger partial charge on any atom is 0.344 e. The summed E-state index contributed by atoms with van der Waals surface area (Å²) in [6.45, 7) is 10.2. The summed E-state index contributed by atoms with van der Waals surface area (Å²) in [6, 6.07) is 23.8. The Morgan fingerprint density at radius 2 is 1.16 bits per heavy atom. The van der Waals surface area contributed by atoms with E-state index in [1.54, 1.807) is 41.5 Å². The lowest BCUT2D eigenvalue weighted by Gasteiger charge is -2.23. The molecule has 6 heteroatoms. The Hall–Kier alpha value is -4.06. The Kier molecular flexibility index (Phi) is 7.63. The highest BCUT2D eigenvalue weighted by Gasteiger charge is 2.24. The van der Waals surface area contributed by atoms with Gasteiger partial charge in [-0.3, -0.25) is 0 Å². The van der Waals surface area contributed by atoms with Crippen molar-refractivity contribution in [3.05, 3.63) is 72.8 Å². The van der Waals surface area contributed by atoms with E-state index in [4.69, 9.17) is 18.9 Å². The molecule has 6 nitrogen and oxygen atoms in total. The molecule has 0 atom stereocenters. The van der Waals surface area contributed by atoms with Crippen LogP contribution >= 0.6 is 0 Å². The lowest BCUT2D eigenvalue weighted by Crippen LogP contribution is -2.28. The van der Waals surface area contributed by atoms with E-state index in [-0.39, 0.29) is 13.2 Å². The molecule has 0 unspecified atom stereocenters. The van der Waals surface area contributed by atoms with Crippen molar-refractivity contribution in [1.82, 2.24) is 0 Å². The molecule has 38 heavy (non-hydrogen) atoms. The van der Waals surface area contributed by atoms with Gasteiger partial charge in [-0.15, -0.1) is 0 Å². The number of carbonyl (C=O) groups excluding carboxylic acids is 2. The van der Waals surface area contributed by atoms with Gasteiger partial charge in [-0.05, 0) is 74.7 Å². The van der Waals surface area contributed by atoms with Crippen LogP contribution in [0.2, 0.25) is 0 Å². The smallest absolute Gasteiger partial charge is 0.344 e. The molecule has 0 saturated carbocycles. The van der Waals surface area contributed by atoms with E-state index >= 15 is 0 Å². The minimum absolute atomic E-state index is 0.312. The SMILES string of the molecule is CC(C)(C)OC(=O)COc1cc2ccccc2c(-c2cccc3ccccc23)c1OCC(=O)OC(C)(C)C. The molecule has 0 saturated heterocycles. The van der Waals surface area contributed by atoms with Crippen LogP contribution in [0, 0.1) is 0 Å². The van der Waals surface area contributed by atoms with Crippen LogP contribution in [-0.2, 0) is 19.1 Å². The van der Waals surface area contributed by atoms with Crippen molar-refractivity contribution in [1.29, 1.82) is 0 Å². The fourth-order valence-corrected chi connectivity index (χ4v) is 4.27. The van der Waals surface area contributed by atoms with Crippen LogP contribution in [0.25, 0.3) is 32.7 Å². The second kappa shape index (κ2) is 10.7. The van der Waals surface area contributed by atoms with Gasteiger partial charge in [0.25, 0.3) is 0 Å². The first kappa shape index (κ1) is 27.0. The van der Waals surface area contributed by atoms with Gasteiger partial charge >= 0.3 is 11.9 Å². The molecule has 0 bridgehead atoms. The Morgan fingerprint density at radius 1 is 0.632 bits per heavy atom. The number of esters is 2. The van der Waals surface area contributed by atoms with Crippen LogP contribution in [0.15, 0.2) is 72.8 Å². The molecular weight excluding hydrogens is 480 g/mol. The van der Waals surface area contributed by atoms with Gasteiger partial charge in [-0.1, -0.05) is 66.7 Å². The van der Waals surface area contributed by atoms with Crippen LogP contribution in [0.4, 0.5) is 0 Å². The summed E-state index contributed by atoms with van der Waals surface area (Å²) in [5.41, 5.74) is 0.385. The Labute approximate surface area is 223 Å².